The minimum Gasteiger partial charge on any atom is -0.441 e. The van der Waals surface area contributed by atoms with E-state index < -0.39 is 0 Å². The minimum atomic E-state index is -0.0350. The van der Waals surface area contributed by atoms with E-state index in [1.807, 2.05) is 30.3 Å². The second-order valence-corrected chi connectivity index (χ2v) is 5.33. The molecule has 1 aromatic carbocycles. The number of carbonyl (C=O) groups is 1. The molecule has 0 N–H and O–H groups in total. The molecule has 0 bridgehead atoms. The van der Waals surface area contributed by atoms with E-state index in [0.29, 0.717) is 25.4 Å². The summed E-state index contributed by atoms with van der Waals surface area (Å²) in [4.78, 5) is 18.6. The van der Waals surface area contributed by atoms with Crippen LogP contribution in [-0.2, 0) is 24.3 Å². The first kappa shape index (κ1) is 13.6. The predicted molar refractivity (Wildman–Crippen MR) is 78.9 cm³/mol. The normalized spacial score (nSPS) is 13.8. The molecule has 3 heterocycles. The highest BCUT2D eigenvalue weighted by Gasteiger charge is 2.26. The van der Waals surface area contributed by atoms with Crippen LogP contribution in [0.5, 0.6) is 0 Å². The van der Waals surface area contributed by atoms with Gasteiger partial charge in [0.1, 0.15) is 24.3 Å². The molecule has 3 aromatic rings. The molecule has 0 spiro atoms. The summed E-state index contributed by atoms with van der Waals surface area (Å²) >= 11 is 0. The van der Waals surface area contributed by atoms with Crippen LogP contribution in [0.3, 0.4) is 0 Å². The number of carbonyl (C=O) groups excluding carboxylic acids is 1. The zero-order valence-corrected chi connectivity index (χ0v) is 12.3. The maximum absolute atomic E-state index is 12.3. The molecule has 2 aromatic heterocycles. The number of hydrogen-bond donors (Lipinski definition) is 0. The average molecular weight is 310 g/mol. The second-order valence-electron chi connectivity index (χ2n) is 5.33. The fourth-order valence-corrected chi connectivity index (χ4v) is 2.61. The first-order valence-electron chi connectivity index (χ1n) is 7.32. The molecule has 1 aliphatic heterocycles. The standard InChI is InChI=1S/C15H14N6O2/c22-14(9-21-10-16-18-19-21)20-7-6-13-12(8-20)17-15(23-13)11-4-2-1-3-5-11/h1-5,10H,6-9H2. The summed E-state index contributed by atoms with van der Waals surface area (Å²) in [5.74, 6) is 1.42. The van der Waals surface area contributed by atoms with Gasteiger partial charge in [-0.05, 0) is 22.6 Å². The number of amides is 1. The van der Waals surface area contributed by atoms with Crippen molar-refractivity contribution in [3.8, 4) is 11.5 Å². The maximum atomic E-state index is 12.3. The van der Waals surface area contributed by atoms with Gasteiger partial charge in [0.2, 0.25) is 11.8 Å². The lowest BCUT2D eigenvalue weighted by molar-refractivity contribution is -0.133. The third-order valence-corrected chi connectivity index (χ3v) is 3.79. The fourth-order valence-electron chi connectivity index (χ4n) is 2.61. The summed E-state index contributed by atoms with van der Waals surface area (Å²) in [6.45, 7) is 1.19. The Bertz CT molecular complexity index is 812. The highest BCUT2D eigenvalue weighted by atomic mass is 16.4. The number of nitrogens with zero attached hydrogens (tertiary/aromatic N) is 6. The highest BCUT2D eigenvalue weighted by Crippen LogP contribution is 2.26. The molecular weight excluding hydrogens is 296 g/mol. The van der Waals surface area contributed by atoms with E-state index in [1.165, 1.54) is 11.0 Å². The molecule has 0 fully saturated rings. The molecule has 0 atom stereocenters. The molecule has 0 unspecified atom stereocenters. The monoisotopic (exact) mass is 310 g/mol. The Kier molecular flexibility index (Phi) is 3.34. The lowest BCUT2D eigenvalue weighted by Crippen LogP contribution is -2.38. The summed E-state index contributed by atoms with van der Waals surface area (Å²) in [5.41, 5.74) is 1.76. The van der Waals surface area contributed by atoms with Crippen molar-refractivity contribution in [1.82, 2.24) is 30.1 Å². The van der Waals surface area contributed by atoms with Crippen molar-refractivity contribution in [3.63, 3.8) is 0 Å². The molecular formula is C15H14N6O2. The quantitative estimate of drug-likeness (QED) is 0.714. The van der Waals surface area contributed by atoms with Gasteiger partial charge in [-0.15, -0.1) is 5.10 Å². The smallest absolute Gasteiger partial charge is 0.244 e. The number of aromatic nitrogens is 5. The molecule has 4 rings (SSSR count). The summed E-state index contributed by atoms with van der Waals surface area (Å²) in [6.07, 6.45) is 2.09. The Labute approximate surface area is 131 Å². The molecule has 1 amide bonds. The number of fused-ring (bicyclic) bond motifs is 1. The number of hydrogen-bond acceptors (Lipinski definition) is 6. The van der Waals surface area contributed by atoms with Gasteiger partial charge in [0.15, 0.2) is 0 Å². The summed E-state index contributed by atoms with van der Waals surface area (Å²) in [5, 5.41) is 10.8. The van der Waals surface area contributed by atoms with E-state index in [-0.39, 0.29) is 12.5 Å². The molecule has 0 saturated carbocycles. The SMILES string of the molecule is O=C(Cn1cnnn1)N1CCc2oc(-c3ccccc3)nc2C1. The molecule has 8 heteroatoms. The van der Waals surface area contributed by atoms with E-state index >= 15 is 0 Å². The van der Waals surface area contributed by atoms with E-state index in [4.69, 9.17) is 4.42 Å². The van der Waals surface area contributed by atoms with Crippen LogP contribution in [0, 0.1) is 0 Å². The Morgan fingerprint density at radius 3 is 2.91 bits per heavy atom. The molecule has 8 nitrogen and oxygen atoms in total. The number of rotatable bonds is 3. The molecule has 0 radical (unpaired) electrons. The van der Waals surface area contributed by atoms with E-state index in [1.54, 1.807) is 4.90 Å². The topological polar surface area (TPSA) is 89.9 Å². The Morgan fingerprint density at radius 1 is 1.26 bits per heavy atom. The van der Waals surface area contributed by atoms with Gasteiger partial charge in [-0.25, -0.2) is 9.67 Å². The molecule has 116 valence electrons. The van der Waals surface area contributed by atoms with Gasteiger partial charge in [0, 0.05) is 18.5 Å². The van der Waals surface area contributed by atoms with Gasteiger partial charge in [0.25, 0.3) is 0 Å². The van der Waals surface area contributed by atoms with E-state index in [2.05, 4.69) is 20.5 Å². The number of tetrazole rings is 1. The lowest BCUT2D eigenvalue weighted by atomic mass is 10.1. The first-order chi connectivity index (χ1) is 11.3. The van der Waals surface area contributed by atoms with Crippen molar-refractivity contribution in [2.24, 2.45) is 0 Å². The Hall–Kier alpha value is -3.03. The molecule has 23 heavy (non-hydrogen) atoms. The lowest BCUT2D eigenvalue weighted by Gasteiger charge is -2.25. The van der Waals surface area contributed by atoms with Gasteiger partial charge < -0.3 is 9.32 Å². The van der Waals surface area contributed by atoms with Gasteiger partial charge in [-0.3, -0.25) is 4.79 Å². The fraction of sp³-hybridized carbons (Fsp3) is 0.267. The third kappa shape index (κ3) is 2.70. The van der Waals surface area contributed by atoms with Crippen LogP contribution in [0.2, 0.25) is 0 Å². The van der Waals surface area contributed by atoms with E-state index in [0.717, 1.165) is 17.0 Å². The van der Waals surface area contributed by atoms with Crippen molar-refractivity contribution < 1.29 is 9.21 Å². The molecule has 1 aliphatic rings. The minimum absolute atomic E-state index is 0.0350. The van der Waals surface area contributed by atoms with Gasteiger partial charge in [-0.2, -0.15) is 0 Å². The molecule has 0 saturated heterocycles. The van der Waals surface area contributed by atoms with Gasteiger partial charge in [0.05, 0.1) is 6.54 Å². The van der Waals surface area contributed by atoms with Crippen LogP contribution in [-0.4, -0.2) is 42.5 Å². The summed E-state index contributed by atoms with van der Waals surface area (Å²) in [7, 11) is 0. The largest absolute Gasteiger partial charge is 0.441 e. The van der Waals surface area contributed by atoms with Gasteiger partial charge in [-0.1, -0.05) is 18.2 Å². The van der Waals surface area contributed by atoms with Crippen molar-refractivity contribution in [2.75, 3.05) is 6.54 Å². The van der Waals surface area contributed by atoms with Crippen LogP contribution in [0.1, 0.15) is 11.5 Å². The first-order valence-corrected chi connectivity index (χ1v) is 7.32. The van der Waals surface area contributed by atoms with Crippen molar-refractivity contribution in [1.29, 1.82) is 0 Å². The van der Waals surface area contributed by atoms with Crippen molar-refractivity contribution in [3.05, 3.63) is 48.1 Å². The van der Waals surface area contributed by atoms with E-state index in [9.17, 15) is 4.79 Å². The second kappa shape index (κ2) is 5.64. The number of oxazole rings is 1. The van der Waals surface area contributed by atoms with Crippen molar-refractivity contribution in [2.45, 2.75) is 19.5 Å². The van der Waals surface area contributed by atoms with Crippen LogP contribution >= 0.6 is 0 Å². The highest BCUT2D eigenvalue weighted by molar-refractivity contribution is 5.76. The van der Waals surface area contributed by atoms with Crippen LogP contribution in [0.4, 0.5) is 0 Å². The third-order valence-electron chi connectivity index (χ3n) is 3.79. The van der Waals surface area contributed by atoms with Crippen molar-refractivity contribution >= 4 is 5.91 Å². The predicted octanol–water partition coefficient (Wildman–Crippen LogP) is 0.913. The zero-order valence-electron chi connectivity index (χ0n) is 12.3. The average Bonchev–Trinajstić information content (AvgIpc) is 3.24. The van der Waals surface area contributed by atoms with Gasteiger partial charge >= 0.3 is 0 Å². The Morgan fingerprint density at radius 2 is 2.13 bits per heavy atom. The summed E-state index contributed by atoms with van der Waals surface area (Å²) in [6, 6.07) is 9.75. The maximum Gasteiger partial charge on any atom is 0.244 e. The van der Waals surface area contributed by atoms with Crippen LogP contribution in [0.25, 0.3) is 11.5 Å². The zero-order chi connectivity index (χ0) is 15.6. The Balaban J connectivity index is 1.51. The molecule has 0 aliphatic carbocycles. The van der Waals surface area contributed by atoms with Crippen LogP contribution < -0.4 is 0 Å². The summed E-state index contributed by atoms with van der Waals surface area (Å²) < 4.78 is 7.25. The number of benzene rings is 1. The van der Waals surface area contributed by atoms with Crippen LogP contribution in [0.15, 0.2) is 41.1 Å².